The van der Waals surface area contributed by atoms with Crippen LogP contribution >= 0.6 is 0 Å². The molecule has 3 rings (SSSR count). The molecule has 0 bridgehead atoms. The van der Waals surface area contributed by atoms with Gasteiger partial charge in [-0.3, -0.25) is 9.52 Å². The highest BCUT2D eigenvalue weighted by atomic mass is 32.2. The molecular weight excluding hydrogens is 398 g/mol. The number of halogens is 2. The van der Waals surface area contributed by atoms with Crippen LogP contribution in [0.4, 0.5) is 20.2 Å². The molecule has 2 N–H and O–H groups in total. The summed E-state index contributed by atoms with van der Waals surface area (Å²) >= 11 is 0. The third kappa shape index (κ3) is 4.97. The van der Waals surface area contributed by atoms with E-state index in [1.54, 1.807) is 18.2 Å². The Labute approximate surface area is 167 Å². The minimum atomic E-state index is -4.10. The van der Waals surface area contributed by atoms with Gasteiger partial charge in [-0.1, -0.05) is 19.1 Å². The highest BCUT2D eigenvalue weighted by molar-refractivity contribution is 7.92. The van der Waals surface area contributed by atoms with E-state index < -0.39 is 33.1 Å². The van der Waals surface area contributed by atoms with Crippen LogP contribution in [-0.2, 0) is 16.4 Å². The molecule has 5 nitrogen and oxygen atoms in total. The van der Waals surface area contributed by atoms with Crippen molar-refractivity contribution in [2.24, 2.45) is 0 Å². The highest BCUT2D eigenvalue weighted by Crippen LogP contribution is 2.21. The number of carbonyl (C=O) groups excluding carboxylic acids is 1. The lowest BCUT2D eigenvalue weighted by atomic mass is 10.1. The first-order chi connectivity index (χ1) is 13.8. The van der Waals surface area contributed by atoms with Crippen molar-refractivity contribution in [3.63, 3.8) is 0 Å². The maximum Gasteiger partial charge on any atom is 0.261 e. The monoisotopic (exact) mass is 416 g/mol. The van der Waals surface area contributed by atoms with E-state index in [9.17, 15) is 22.0 Å². The zero-order valence-electron chi connectivity index (χ0n) is 15.4. The van der Waals surface area contributed by atoms with E-state index in [4.69, 9.17) is 0 Å². The Morgan fingerprint density at radius 2 is 1.66 bits per heavy atom. The van der Waals surface area contributed by atoms with Crippen LogP contribution in [-0.4, -0.2) is 14.3 Å². The minimum Gasteiger partial charge on any atom is -0.322 e. The Morgan fingerprint density at radius 1 is 0.931 bits per heavy atom. The number of aryl methyl sites for hydroxylation is 1. The van der Waals surface area contributed by atoms with Gasteiger partial charge in [0.25, 0.3) is 15.9 Å². The maximum atomic E-state index is 14.2. The maximum absolute atomic E-state index is 14.2. The summed E-state index contributed by atoms with van der Waals surface area (Å²) in [6, 6.07) is 14.7. The summed E-state index contributed by atoms with van der Waals surface area (Å²) < 4.78 is 54.6. The van der Waals surface area contributed by atoms with Crippen LogP contribution < -0.4 is 10.0 Å². The molecular formula is C21H18F2N2O3S. The number of hydrogen-bond donors (Lipinski definition) is 2. The van der Waals surface area contributed by atoms with Crippen molar-refractivity contribution < 1.29 is 22.0 Å². The largest absolute Gasteiger partial charge is 0.322 e. The van der Waals surface area contributed by atoms with E-state index in [-0.39, 0.29) is 10.6 Å². The molecule has 29 heavy (non-hydrogen) atoms. The first kappa shape index (κ1) is 20.5. The van der Waals surface area contributed by atoms with Gasteiger partial charge in [0.15, 0.2) is 0 Å². The predicted octanol–water partition coefficient (Wildman–Crippen LogP) is 4.58. The second kappa shape index (κ2) is 8.40. The van der Waals surface area contributed by atoms with Crippen LogP contribution in [0.3, 0.4) is 0 Å². The first-order valence-corrected chi connectivity index (χ1v) is 10.2. The van der Waals surface area contributed by atoms with Crippen molar-refractivity contribution in [1.82, 2.24) is 0 Å². The van der Waals surface area contributed by atoms with E-state index >= 15 is 0 Å². The van der Waals surface area contributed by atoms with Crippen LogP contribution in [0.1, 0.15) is 22.8 Å². The van der Waals surface area contributed by atoms with Gasteiger partial charge in [0, 0.05) is 11.4 Å². The van der Waals surface area contributed by atoms with Crippen molar-refractivity contribution in [3.8, 4) is 0 Å². The second-order valence-electron chi connectivity index (χ2n) is 6.26. The molecule has 150 valence electrons. The van der Waals surface area contributed by atoms with Gasteiger partial charge >= 0.3 is 0 Å². The van der Waals surface area contributed by atoms with Crippen molar-refractivity contribution >= 4 is 27.3 Å². The lowest BCUT2D eigenvalue weighted by Gasteiger charge is -2.11. The van der Waals surface area contributed by atoms with Crippen LogP contribution in [0.25, 0.3) is 0 Å². The average Bonchev–Trinajstić information content (AvgIpc) is 2.69. The molecule has 3 aromatic rings. The van der Waals surface area contributed by atoms with Crippen LogP contribution in [0.15, 0.2) is 71.6 Å². The SMILES string of the molecule is CCc1cccc(NC(=O)c2cc(S(=O)(=O)Nc3ccc(F)cc3)ccc2F)c1. The van der Waals surface area contributed by atoms with Crippen molar-refractivity contribution in [2.45, 2.75) is 18.2 Å². The van der Waals surface area contributed by atoms with Gasteiger partial charge in [0.05, 0.1) is 10.5 Å². The Morgan fingerprint density at radius 3 is 2.34 bits per heavy atom. The van der Waals surface area contributed by atoms with Crippen molar-refractivity contribution in [2.75, 3.05) is 10.0 Å². The topological polar surface area (TPSA) is 75.3 Å². The van der Waals surface area contributed by atoms with Gasteiger partial charge in [-0.15, -0.1) is 0 Å². The molecule has 0 aromatic heterocycles. The molecule has 3 aromatic carbocycles. The molecule has 0 aliphatic rings. The zero-order chi connectivity index (χ0) is 21.0. The Hall–Kier alpha value is -3.26. The van der Waals surface area contributed by atoms with Gasteiger partial charge in [-0.25, -0.2) is 17.2 Å². The number of carbonyl (C=O) groups is 1. The molecule has 0 unspecified atom stereocenters. The molecule has 0 aliphatic heterocycles. The van der Waals surface area contributed by atoms with E-state index in [1.807, 2.05) is 13.0 Å². The number of hydrogen-bond acceptors (Lipinski definition) is 3. The molecule has 0 heterocycles. The number of nitrogens with one attached hydrogen (secondary N) is 2. The number of anilines is 2. The van der Waals surface area contributed by atoms with Crippen molar-refractivity contribution in [1.29, 1.82) is 0 Å². The lowest BCUT2D eigenvalue weighted by Crippen LogP contribution is -2.17. The fourth-order valence-corrected chi connectivity index (χ4v) is 3.73. The summed E-state index contributed by atoms with van der Waals surface area (Å²) in [4.78, 5) is 12.2. The number of amides is 1. The summed E-state index contributed by atoms with van der Waals surface area (Å²) in [7, 11) is -4.10. The third-order valence-electron chi connectivity index (χ3n) is 4.18. The quantitative estimate of drug-likeness (QED) is 0.618. The highest BCUT2D eigenvalue weighted by Gasteiger charge is 2.20. The summed E-state index contributed by atoms with van der Waals surface area (Å²) in [5, 5.41) is 2.57. The normalized spacial score (nSPS) is 11.1. The smallest absolute Gasteiger partial charge is 0.261 e. The number of benzene rings is 3. The van der Waals surface area contributed by atoms with Gasteiger partial charge in [0.1, 0.15) is 11.6 Å². The average molecular weight is 416 g/mol. The summed E-state index contributed by atoms with van der Waals surface area (Å²) in [6.07, 6.45) is 0.765. The molecule has 0 fully saturated rings. The molecule has 0 saturated heterocycles. The van der Waals surface area contributed by atoms with Gasteiger partial charge < -0.3 is 5.32 Å². The summed E-state index contributed by atoms with van der Waals surface area (Å²) in [5.74, 6) is -2.13. The molecule has 0 aliphatic carbocycles. The third-order valence-corrected chi connectivity index (χ3v) is 5.56. The van der Waals surface area contributed by atoms with Crippen LogP contribution in [0, 0.1) is 11.6 Å². The van der Waals surface area contributed by atoms with Gasteiger partial charge in [-0.05, 0) is 66.6 Å². The predicted molar refractivity (Wildman–Crippen MR) is 107 cm³/mol. The molecule has 0 atom stereocenters. The van der Waals surface area contributed by atoms with Crippen LogP contribution in [0.5, 0.6) is 0 Å². The van der Waals surface area contributed by atoms with Gasteiger partial charge in [-0.2, -0.15) is 0 Å². The van der Waals surface area contributed by atoms with Gasteiger partial charge in [0.2, 0.25) is 0 Å². The second-order valence-corrected chi connectivity index (χ2v) is 7.94. The van der Waals surface area contributed by atoms with Crippen LogP contribution in [0.2, 0.25) is 0 Å². The molecule has 1 amide bonds. The summed E-state index contributed by atoms with van der Waals surface area (Å²) in [5.41, 5.74) is 1.20. The van der Waals surface area contributed by atoms with E-state index in [1.165, 1.54) is 12.1 Å². The minimum absolute atomic E-state index is 0.137. The standard InChI is InChI=1S/C21H18F2N2O3S/c1-2-14-4-3-5-17(12-14)24-21(26)19-13-18(10-11-20(19)23)29(27,28)25-16-8-6-15(22)7-9-16/h3-13,25H,2H2,1H3,(H,24,26). The number of rotatable bonds is 6. The fraction of sp³-hybridized carbons (Fsp3) is 0.0952. The Balaban J connectivity index is 1.86. The molecule has 0 radical (unpaired) electrons. The first-order valence-electron chi connectivity index (χ1n) is 8.77. The van der Waals surface area contributed by atoms with E-state index in [0.29, 0.717) is 5.69 Å². The molecule has 0 saturated carbocycles. The zero-order valence-corrected chi connectivity index (χ0v) is 16.3. The Bertz CT molecular complexity index is 1150. The lowest BCUT2D eigenvalue weighted by molar-refractivity contribution is 0.102. The van der Waals surface area contributed by atoms with E-state index in [0.717, 1.165) is 42.3 Å². The number of sulfonamides is 1. The fourth-order valence-electron chi connectivity index (χ4n) is 2.64. The molecule has 0 spiro atoms. The van der Waals surface area contributed by atoms with Crippen molar-refractivity contribution in [3.05, 3.63) is 89.5 Å². The molecule has 8 heteroatoms. The summed E-state index contributed by atoms with van der Waals surface area (Å²) in [6.45, 7) is 1.96. The van der Waals surface area contributed by atoms with E-state index in [2.05, 4.69) is 10.0 Å². The Kier molecular flexibility index (Phi) is 5.93.